The van der Waals surface area contributed by atoms with E-state index in [0.29, 0.717) is 35.2 Å². The Kier molecular flexibility index (Phi) is 8.73. The first kappa shape index (κ1) is 27.3. The standard InChI is InChI=1S/C27H33Cl2NO5/c1-26(2)18(12-13-27(26,3)25(32)33)15-30-23(24(31)34-4)14-17-8-10-19(11-9-17)35-16-20-21(28)6-5-7-22(20)29/h5-11,18,23,30H,12-16H2,1-4H3,(H,32,33). The van der Waals surface area contributed by atoms with E-state index >= 15 is 0 Å². The van der Waals surface area contributed by atoms with Crippen LogP contribution in [0.25, 0.3) is 0 Å². The first-order valence-corrected chi connectivity index (χ1v) is 12.4. The van der Waals surface area contributed by atoms with Crippen LogP contribution in [0.2, 0.25) is 10.0 Å². The van der Waals surface area contributed by atoms with Crippen molar-refractivity contribution in [3.63, 3.8) is 0 Å². The van der Waals surface area contributed by atoms with Gasteiger partial charge in [0.05, 0.1) is 12.5 Å². The highest BCUT2D eigenvalue weighted by molar-refractivity contribution is 6.35. The summed E-state index contributed by atoms with van der Waals surface area (Å²) in [5, 5.41) is 14.2. The van der Waals surface area contributed by atoms with Crippen LogP contribution in [-0.4, -0.2) is 36.7 Å². The zero-order chi connectivity index (χ0) is 25.8. The second-order valence-corrected chi connectivity index (χ2v) is 10.7. The fourth-order valence-corrected chi connectivity index (χ4v) is 5.29. The normalized spacial score (nSPS) is 21.9. The number of carbonyl (C=O) groups is 2. The van der Waals surface area contributed by atoms with Gasteiger partial charge in [-0.15, -0.1) is 0 Å². The lowest BCUT2D eigenvalue weighted by Crippen LogP contribution is -2.46. The molecule has 3 atom stereocenters. The molecule has 2 aromatic rings. The second kappa shape index (κ2) is 11.2. The minimum atomic E-state index is -0.788. The second-order valence-electron chi connectivity index (χ2n) is 9.92. The van der Waals surface area contributed by atoms with Crippen molar-refractivity contribution in [3.05, 3.63) is 63.6 Å². The van der Waals surface area contributed by atoms with Gasteiger partial charge in [-0.2, -0.15) is 0 Å². The summed E-state index contributed by atoms with van der Waals surface area (Å²) in [5.41, 5.74) is 0.473. The third-order valence-electron chi connectivity index (χ3n) is 7.81. The van der Waals surface area contributed by atoms with E-state index in [-0.39, 0.29) is 18.5 Å². The van der Waals surface area contributed by atoms with E-state index in [4.69, 9.17) is 32.7 Å². The van der Waals surface area contributed by atoms with Crippen molar-refractivity contribution in [2.45, 2.75) is 52.7 Å². The smallest absolute Gasteiger partial charge is 0.323 e. The van der Waals surface area contributed by atoms with Crippen LogP contribution in [0.15, 0.2) is 42.5 Å². The van der Waals surface area contributed by atoms with Crippen molar-refractivity contribution in [1.29, 1.82) is 0 Å². The molecular weight excluding hydrogens is 489 g/mol. The number of carboxylic acid groups (broad SMARTS) is 1. The van der Waals surface area contributed by atoms with E-state index in [2.05, 4.69) is 5.32 Å². The molecule has 0 amide bonds. The summed E-state index contributed by atoms with van der Waals surface area (Å²) in [4.78, 5) is 24.4. The first-order chi connectivity index (χ1) is 16.5. The number of carboxylic acids is 1. The summed E-state index contributed by atoms with van der Waals surface area (Å²) in [7, 11) is 1.37. The summed E-state index contributed by atoms with van der Waals surface area (Å²) in [5.74, 6) is -0.333. The van der Waals surface area contributed by atoms with Crippen LogP contribution in [0, 0.1) is 16.7 Å². The Hall–Kier alpha value is -2.28. The molecule has 1 fully saturated rings. The third kappa shape index (κ3) is 5.93. The van der Waals surface area contributed by atoms with Crippen LogP contribution < -0.4 is 10.1 Å². The van der Waals surface area contributed by atoms with Crippen LogP contribution >= 0.6 is 23.2 Å². The predicted octanol–water partition coefficient (Wildman–Crippen LogP) is 5.77. The van der Waals surface area contributed by atoms with E-state index in [1.165, 1.54) is 7.11 Å². The van der Waals surface area contributed by atoms with Crippen LogP contribution in [0.5, 0.6) is 5.75 Å². The monoisotopic (exact) mass is 521 g/mol. The molecule has 8 heteroatoms. The molecule has 3 rings (SSSR count). The number of hydrogen-bond donors (Lipinski definition) is 2. The number of methoxy groups -OCH3 is 1. The van der Waals surface area contributed by atoms with E-state index < -0.39 is 22.8 Å². The number of halogens is 2. The zero-order valence-electron chi connectivity index (χ0n) is 20.6. The van der Waals surface area contributed by atoms with E-state index in [1.807, 2.05) is 45.0 Å². The van der Waals surface area contributed by atoms with Crippen LogP contribution in [0.1, 0.15) is 44.7 Å². The number of rotatable bonds is 10. The molecule has 3 unspecified atom stereocenters. The third-order valence-corrected chi connectivity index (χ3v) is 8.52. The number of esters is 1. The number of hydrogen-bond acceptors (Lipinski definition) is 5. The quantitative estimate of drug-likeness (QED) is 0.386. The van der Waals surface area contributed by atoms with Crippen molar-refractivity contribution in [1.82, 2.24) is 5.32 Å². The zero-order valence-corrected chi connectivity index (χ0v) is 22.1. The SMILES string of the molecule is COC(=O)C(Cc1ccc(OCc2c(Cl)cccc2Cl)cc1)NCC1CCC(C)(C(=O)O)C1(C)C. The maximum Gasteiger partial charge on any atom is 0.323 e. The van der Waals surface area contributed by atoms with Crippen molar-refractivity contribution < 1.29 is 24.2 Å². The molecule has 6 nitrogen and oxygen atoms in total. The van der Waals surface area contributed by atoms with Gasteiger partial charge in [-0.3, -0.25) is 9.59 Å². The molecule has 190 valence electrons. The molecule has 2 aromatic carbocycles. The fourth-order valence-electron chi connectivity index (χ4n) is 4.79. The van der Waals surface area contributed by atoms with Crippen LogP contribution in [-0.2, 0) is 27.4 Å². The Morgan fingerprint density at radius 3 is 2.29 bits per heavy atom. The molecule has 1 aliphatic rings. The number of ether oxygens (including phenoxy) is 2. The van der Waals surface area contributed by atoms with E-state index in [0.717, 1.165) is 17.5 Å². The highest BCUT2D eigenvalue weighted by atomic mass is 35.5. The Bertz CT molecular complexity index is 1040. The molecule has 0 bridgehead atoms. The highest BCUT2D eigenvalue weighted by Gasteiger charge is 2.55. The number of aliphatic carboxylic acids is 1. The summed E-state index contributed by atoms with van der Waals surface area (Å²) >= 11 is 12.4. The van der Waals surface area contributed by atoms with Crippen molar-refractivity contribution in [3.8, 4) is 5.75 Å². The summed E-state index contributed by atoms with van der Waals surface area (Å²) in [6.45, 7) is 6.60. The van der Waals surface area contributed by atoms with Gasteiger partial charge in [0, 0.05) is 15.6 Å². The predicted molar refractivity (Wildman–Crippen MR) is 137 cm³/mol. The van der Waals surface area contributed by atoms with Crippen LogP contribution in [0.4, 0.5) is 0 Å². The minimum absolute atomic E-state index is 0.128. The highest BCUT2D eigenvalue weighted by Crippen LogP contribution is 2.55. The fraction of sp³-hybridized carbons (Fsp3) is 0.481. The summed E-state index contributed by atoms with van der Waals surface area (Å²) < 4.78 is 10.9. The summed E-state index contributed by atoms with van der Waals surface area (Å²) in [6.07, 6.45) is 1.84. The van der Waals surface area contributed by atoms with E-state index in [9.17, 15) is 14.7 Å². The molecule has 0 aliphatic heterocycles. The Balaban J connectivity index is 1.62. The molecule has 0 spiro atoms. The van der Waals surface area contributed by atoms with E-state index in [1.54, 1.807) is 18.2 Å². The van der Waals surface area contributed by atoms with Crippen molar-refractivity contribution in [2.24, 2.45) is 16.7 Å². The van der Waals surface area contributed by atoms with Gasteiger partial charge >= 0.3 is 11.9 Å². The lowest BCUT2D eigenvalue weighted by Gasteiger charge is -2.39. The molecule has 1 saturated carbocycles. The molecule has 35 heavy (non-hydrogen) atoms. The van der Waals surface area contributed by atoms with Crippen molar-refractivity contribution in [2.75, 3.05) is 13.7 Å². The van der Waals surface area contributed by atoms with Crippen LogP contribution in [0.3, 0.4) is 0 Å². The van der Waals surface area contributed by atoms with Gasteiger partial charge in [0.1, 0.15) is 18.4 Å². The molecule has 0 radical (unpaired) electrons. The first-order valence-electron chi connectivity index (χ1n) is 11.7. The molecule has 0 saturated heterocycles. The van der Waals surface area contributed by atoms with Gasteiger partial charge in [-0.25, -0.2) is 0 Å². The molecule has 2 N–H and O–H groups in total. The van der Waals surface area contributed by atoms with Gasteiger partial charge in [-0.05, 0) is 73.9 Å². The lowest BCUT2D eigenvalue weighted by molar-refractivity contribution is -0.154. The van der Waals surface area contributed by atoms with Gasteiger partial charge in [0.25, 0.3) is 0 Å². The average molecular weight is 522 g/mol. The summed E-state index contributed by atoms with van der Waals surface area (Å²) in [6, 6.07) is 12.3. The molecule has 0 heterocycles. The maximum absolute atomic E-state index is 12.5. The minimum Gasteiger partial charge on any atom is -0.489 e. The Labute approximate surface area is 216 Å². The Morgan fingerprint density at radius 1 is 1.11 bits per heavy atom. The number of carbonyl (C=O) groups excluding carboxylic acids is 1. The van der Waals surface area contributed by atoms with Crippen molar-refractivity contribution >= 4 is 35.1 Å². The topological polar surface area (TPSA) is 84.9 Å². The molecular formula is C27H33Cl2NO5. The van der Waals surface area contributed by atoms with Gasteiger partial charge < -0.3 is 19.9 Å². The Morgan fingerprint density at radius 2 is 1.74 bits per heavy atom. The maximum atomic E-state index is 12.5. The molecule has 1 aliphatic carbocycles. The molecule has 0 aromatic heterocycles. The lowest BCUT2D eigenvalue weighted by atomic mass is 9.65. The average Bonchev–Trinajstić information content (AvgIpc) is 3.06. The van der Waals surface area contributed by atoms with Gasteiger partial charge in [0.2, 0.25) is 0 Å². The largest absolute Gasteiger partial charge is 0.489 e. The number of benzene rings is 2. The van der Waals surface area contributed by atoms with Gasteiger partial charge in [0.15, 0.2) is 0 Å². The number of nitrogens with one attached hydrogen (secondary N) is 1. The van der Waals surface area contributed by atoms with Gasteiger partial charge in [-0.1, -0.05) is 55.2 Å².